The monoisotopic (exact) mass is 392 g/mol. The third kappa shape index (κ3) is 4.24. The van der Waals surface area contributed by atoms with Gasteiger partial charge in [-0.25, -0.2) is 4.39 Å². The van der Waals surface area contributed by atoms with Crippen molar-refractivity contribution in [3.05, 3.63) is 81.0 Å². The van der Waals surface area contributed by atoms with Crippen LogP contribution in [0, 0.1) is 19.7 Å². The molecule has 3 aromatic rings. The molecule has 0 atom stereocenters. The number of ether oxygens (including phenoxy) is 1. The van der Waals surface area contributed by atoms with Crippen molar-refractivity contribution in [2.75, 3.05) is 5.73 Å². The zero-order valence-corrected chi connectivity index (χ0v) is 17.3. The summed E-state index contributed by atoms with van der Waals surface area (Å²) < 4.78 is 21.1. The second-order valence-corrected chi connectivity index (χ2v) is 7.49. The van der Waals surface area contributed by atoms with Crippen LogP contribution in [-0.4, -0.2) is 4.57 Å². The fourth-order valence-electron chi connectivity index (χ4n) is 3.27. The number of nitrogens with two attached hydrogens (primary N) is 1. The van der Waals surface area contributed by atoms with E-state index in [0.717, 1.165) is 22.3 Å². The number of nitrogens with zero attached hydrogens (tertiary/aromatic N) is 1. The minimum Gasteiger partial charge on any atom is -0.456 e. The zero-order valence-electron chi connectivity index (χ0n) is 17.3. The highest BCUT2D eigenvalue weighted by Crippen LogP contribution is 2.38. The second kappa shape index (κ2) is 7.95. The molecular weight excluding hydrogens is 367 g/mol. The van der Waals surface area contributed by atoms with Gasteiger partial charge in [0.05, 0.1) is 0 Å². The Labute approximate surface area is 170 Å². The van der Waals surface area contributed by atoms with Crippen molar-refractivity contribution in [1.82, 2.24) is 4.57 Å². The number of hydrogen-bond donors (Lipinski definition) is 1. The van der Waals surface area contributed by atoms with Gasteiger partial charge in [-0.2, -0.15) is 0 Å². The number of rotatable bonds is 4. The van der Waals surface area contributed by atoms with E-state index in [2.05, 4.69) is 0 Å². The van der Waals surface area contributed by atoms with E-state index < -0.39 is 0 Å². The minimum atomic E-state index is -0.312. The molecule has 0 radical (unpaired) electrons. The summed E-state index contributed by atoms with van der Waals surface area (Å²) in [4.78, 5) is 12.7. The molecular formula is C24H25FN2O2. The lowest BCUT2D eigenvalue weighted by Crippen LogP contribution is -2.20. The number of aromatic nitrogens is 1. The summed E-state index contributed by atoms with van der Waals surface area (Å²) in [5.41, 5.74) is 11.4. The lowest BCUT2D eigenvalue weighted by atomic mass is 9.96. The predicted molar refractivity (Wildman–Crippen MR) is 117 cm³/mol. The van der Waals surface area contributed by atoms with Gasteiger partial charge in [0.1, 0.15) is 17.3 Å². The number of allylic oxidation sites excluding steroid dienone is 1. The molecule has 1 heterocycles. The zero-order chi connectivity index (χ0) is 21.3. The van der Waals surface area contributed by atoms with Crippen LogP contribution < -0.4 is 16.0 Å². The number of aryl methyl sites for hydroxylation is 2. The van der Waals surface area contributed by atoms with Crippen LogP contribution in [0.15, 0.2) is 53.0 Å². The van der Waals surface area contributed by atoms with E-state index in [0.29, 0.717) is 28.3 Å². The number of anilines is 1. The first-order valence-corrected chi connectivity index (χ1v) is 9.36. The summed E-state index contributed by atoms with van der Waals surface area (Å²) in [6, 6.07) is 9.77. The normalized spacial score (nSPS) is 10.7. The number of pyridine rings is 1. The predicted octanol–water partition coefficient (Wildman–Crippen LogP) is 5.61. The van der Waals surface area contributed by atoms with E-state index in [9.17, 15) is 9.18 Å². The van der Waals surface area contributed by atoms with E-state index in [1.807, 2.05) is 32.9 Å². The molecule has 2 N–H and O–H groups in total. The average molecular weight is 392 g/mol. The topological polar surface area (TPSA) is 57.2 Å². The van der Waals surface area contributed by atoms with Crippen LogP contribution in [0.25, 0.3) is 17.2 Å². The first kappa shape index (κ1) is 20.4. The second-order valence-electron chi connectivity index (χ2n) is 7.49. The fraction of sp³-hybridized carbons (Fsp3) is 0.208. The average Bonchev–Trinajstić information content (AvgIpc) is 2.65. The van der Waals surface area contributed by atoms with E-state index in [-0.39, 0.29) is 11.4 Å². The van der Waals surface area contributed by atoms with Crippen molar-refractivity contribution in [1.29, 1.82) is 0 Å². The molecule has 0 unspecified atom stereocenters. The summed E-state index contributed by atoms with van der Waals surface area (Å²) in [6.07, 6.45) is 3.68. The van der Waals surface area contributed by atoms with Crippen LogP contribution in [0.3, 0.4) is 0 Å². The Morgan fingerprint density at radius 1 is 1.07 bits per heavy atom. The highest BCUT2D eigenvalue weighted by molar-refractivity contribution is 5.78. The van der Waals surface area contributed by atoms with E-state index in [1.54, 1.807) is 42.9 Å². The first-order chi connectivity index (χ1) is 13.7. The van der Waals surface area contributed by atoms with Crippen molar-refractivity contribution in [3.8, 4) is 22.6 Å². The van der Waals surface area contributed by atoms with Crippen LogP contribution in [0.5, 0.6) is 11.5 Å². The largest absolute Gasteiger partial charge is 0.456 e. The number of hydrogen-bond acceptors (Lipinski definition) is 3. The molecule has 1 aromatic heterocycles. The molecule has 0 aliphatic rings. The molecule has 4 nitrogen and oxygen atoms in total. The lowest BCUT2D eigenvalue weighted by Gasteiger charge is -2.17. The van der Waals surface area contributed by atoms with Crippen LogP contribution in [0.1, 0.15) is 30.5 Å². The van der Waals surface area contributed by atoms with E-state index in [1.165, 1.54) is 12.1 Å². The Hall–Kier alpha value is -3.34. The van der Waals surface area contributed by atoms with Crippen molar-refractivity contribution in [2.24, 2.45) is 7.05 Å². The van der Waals surface area contributed by atoms with Crippen molar-refractivity contribution in [2.45, 2.75) is 27.7 Å². The Bertz CT molecular complexity index is 1170. The van der Waals surface area contributed by atoms with Crippen LogP contribution in [0.4, 0.5) is 10.1 Å². The lowest BCUT2D eigenvalue weighted by molar-refractivity contribution is 0.478. The van der Waals surface area contributed by atoms with Gasteiger partial charge in [0.15, 0.2) is 0 Å². The Morgan fingerprint density at radius 2 is 1.76 bits per heavy atom. The van der Waals surface area contributed by atoms with Gasteiger partial charge in [0, 0.05) is 35.6 Å². The SMILES string of the molecule is CC(C)=Cc1c(C)c(-c2cc(N)ccc2Oc2ccc(F)cc2C)cn(C)c1=O. The first-order valence-electron chi connectivity index (χ1n) is 9.36. The van der Waals surface area contributed by atoms with Gasteiger partial charge in [0.25, 0.3) is 5.56 Å². The smallest absolute Gasteiger partial charge is 0.257 e. The fourth-order valence-corrected chi connectivity index (χ4v) is 3.27. The van der Waals surface area contributed by atoms with Gasteiger partial charge in [-0.3, -0.25) is 4.79 Å². The summed E-state index contributed by atoms with van der Waals surface area (Å²) in [5, 5.41) is 0. The Kier molecular flexibility index (Phi) is 5.59. The van der Waals surface area contributed by atoms with Gasteiger partial charge >= 0.3 is 0 Å². The van der Waals surface area contributed by atoms with Crippen LogP contribution in [-0.2, 0) is 7.05 Å². The third-order valence-electron chi connectivity index (χ3n) is 4.77. The van der Waals surface area contributed by atoms with Gasteiger partial charge < -0.3 is 15.0 Å². The quantitative estimate of drug-likeness (QED) is 0.588. The molecule has 2 aromatic carbocycles. The Balaban J connectivity index is 2.22. The third-order valence-corrected chi connectivity index (χ3v) is 4.77. The highest BCUT2D eigenvalue weighted by Gasteiger charge is 2.16. The molecule has 0 saturated carbocycles. The molecule has 0 spiro atoms. The summed E-state index contributed by atoms with van der Waals surface area (Å²) in [7, 11) is 1.73. The van der Waals surface area contributed by atoms with E-state index in [4.69, 9.17) is 10.5 Å². The van der Waals surface area contributed by atoms with Crippen molar-refractivity contribution >= 4 is 11.8 Å². The van der Waals surface area contributed by atoms with Gasteiger partial charge in [0.2, 0.25) is 0 Å². The maximum atomic E-state index is 13.5. The van der Waals surface area contributed by atoms with Gasteiger partial charge in [-0.15, -0.1) is 0 Å². The van der Waals surface area contributed by atoms with Gasteiger partial charge in [-0.1, -0.05) is 11.6 Å². The van der Waals surface area contributed by atoms with Crippen LogP contribution in [0.2, 0.25) is 0 Å². The molecule has 150 valence electrons. The van der Waals surface area contributed by atoms with Crippen LogP contribution >= 0.6 is 0 Å². The molecule has 0 saturated heterocycles. The number of benzene rings is 2. The summed E-state index contributed by atoms with van der Waals surface area (Å²) >= 11 is 0. The molecule has 3 rings (SSSR count). The molecule has 0 bridgehead atoms. The minimum absolute atomic E-state index is 0.0619. The van der Waals surface area contributed by atoms with Crippen molar-refractivity contribution < 1.29 is 9.13 Å². The van der Waals surface area contributed by atoms with Gasteiger partial charge in [-0.05, 0) is 75.2 Å². The molecule has 0 aliphatic heterocycles. The number of halogens is 1. The molecule has 0 aliphatic carbocycles. The summed E-state index contributed by atoms with van der Waals surface area (Å²) in [6.45, 7) is 7.62. The molecule has 5 heteroatoms. The molecule has 0 fully saturated rings. The number of nitrogen functional groups attached to an aromatic ring is 1. The van der Waals surface area contributed by atoms with Crippen molar-refractivity contribution in [3.63, 3.8) is 0 Å². The summed E-state index contributed by atoms with van der Waals surface area (Å²) in [5.74, 6) is 0.830. The standard InChI is InChI=1S/C24H25FN2O2/c1-14(2)10-19-16(4)21(13-27(5)24(19)28)20-12-18(26)7-9-23(20)29-22-8-6-17(25)11-15(22)3/h6-13H,26H2,1-5H3. The Morgan fingerprint density at radius 3 is 2.41 bits per heavy atom. The maximum Gasteiger partial charge on any atom is 0.257 e. The maximum absolute atomic E-state index is 13.5. The molecule has 0 amide bonds. The van der Waals surface area contributed by atoms with E-state index >= 15 is 0 Å². The highest BCUT2D eigenvalue weighted by atomic mass is 19.1. The molecule has 29 heavy (non-hydrogen) atoms.